The maximum atomic E-state index is 3.56. The molecule has 1 atom stereocenters. The van der Waals surface area contributed by atoms with Gasteiger partial charge in [0.05, 0.1) is 0 Å². The van der Waals surface area contributed by atoms with Crippen molar-refractivity contribution >= 4 is 5.69 Å². The molecule has 20 heavy (non-hydrogen) atoms. The number of fused-ring (bicyclic) bond motifs is 2. The maximum Gasteiger partial charge on any atom is 0.0399 e. The van der Waals surface area contributed by atoms with Gasteiger partial charge < -0.3 is 10.2 Å². The zero-order chi connectivity index (χ0) is 13.4. The first kappa shape index (κ1) is 12.0. The Hall–Kier alpha value is -1.80. The Bertz CT molecular complexity index is 620. The van der Waals surface area contributed by atoms with Crippen molar-refractivity contribution in [3.05, 3.63) is 65.2 Å². The molecule has 2 aliphatic rings. The van der Waals surface area contributed by atoms with Crippen LogP contribution in [0.25, 0.3) is 0 Å². The zero-order valence-corrected chi connectivity index (χ0v) is 11.7. The third-order valence-electron chi connectivity index (χ3n) is 4.63. The Morgan fingerprint density at radius 2 is 1.80 bits per heavy atom. The van der Waals surface area contributed by atoms with Crippen molar-refractivity contribution in [2.24, 2.45) is 0 Å². The minimum Gasteiger partial charge on any atom is -0.370 e. The summed E-state index contributed by atoms with van der Waals surface area (Å²) in [5.74, 6) is 0.603. The summed E-state index contributed by atoms with van der Waals surface area (Å²) < 4.78 is 0. The molecule has 0 aliphatic carbocycles. The second-order valence-electron chi connectivity index (χ2n) is 5.85. The van der Waals surface area contributed by atoms with Crippen LogP contribution in [0.5, 0.6) is 0 Å². The average Bonchev–Trinajstić information content (AvgIpc) is 2.91. The molecule has 0 saturated heterocycles. The summed E-state index contributed by atoms with van der Waals surface area (Å²) in [6.07, 6.45) is 1.19. The lowest BCUT2D eigenvalue weighted by molar-refractivity contribution is 0.534. The second-order valence-corrected chi connectivity index (χ2v) is 5.85. The van der Waals surface area contributed by atoms with Crippen LogP contribution in [0.3, 0.4) is 0 Å². The number of nitrogens with one attached hydrogen (secondary N) is 1. The van der Waals surface area contributed by atoms with Crippen molar-refractivity contribution in [3.8, 4) is 0 Å². The van der Waals surface area contributed by atoms with Gasteiger partial charge in [0, 0.05) is 37.8 Å². The third kappa shape index (κ3) is 2.01. The van der Waals surface area contributed by atoms with Crippen LogP contribution >= 0.6 is 0 Å². The van der Waals surface area contributed by atoms with E-state index in [0.717, 1.165) is 26.2 Å². The van der Waals surface area contributed by atoms with Crippen LogP contribution in [-0.4, -0.2) is 19.6 Å². The van der Waals surface area contributed by atoms with E-state index in [2.05, 4.69) is 58.7 Å². The van der Waals surface area contributed by atoms with E-state index in [1.807, 2.05) is 0 Å². The fourth-order valence-electron chi connectivity index (χ4n) is 3.61. The lowest BCUT2D eigenvalue weighted by atomic mass is 9.90. The van der Waals surface area contributed by atoms with Gasteiger partial charge in [-0.2, -0.15) is 0 Å². The Morgan fingerprint density at radius 3 is 2.75 bits per heavy atom. The number of hydrogen-bond acceptors (Lipinski definition) is 2. The summed E-state index contributed by atoms with van der Waals surface area (Å²) in [7, 11) is 0. The van der Waals surface area contributed by atoms with Gasteiger partial charge >= 0.3 is 0 Å². The summed E-state index contributed by atoms with van der Waals surface area (Å²) in [5, 5.41) is 3.56. The lowest BCUT2D eigenvalue weighted by Crippen LogP contribution is -2.36. The van der Waals surface area contributed by atoms with E-state index < -0.39 is 0 Å². The van der Waals surface area contributed by atoms with E-state index in [1.54, 1.807) is 0 Å². The summed E-state index contributed by atoms with van der Waals surface area (Å²) in [6, 6.07) is 17.7. The van der Waals surface area contributed by atoms with Crippen LogP contribution < -0.4 is 10.2 Å². The van der Waals surface area contributed by atoms with Gasteiger partial charge in [-0.05, 0) is 29.2 Å². The molecule has 2 heteroatoms. The summed E-state index contributed by atoms with van der Waals surface area (Å²) in [4.78, 5) is 2.56. The molecular formula is C18H20N2. The Morgan fingerprint density at radius 1 is 1.00 bits per heavy atom. The molecule has 1 unspecified atom stereocenters. The van der Waals surface area contributed by atoms with Crippen LogP contribution in [0.2, 0.25) is 0 Å². The first-order valence-corrected chi connectivity index (χ1v) is 7.53. The van der Waals surface area contributed by atoms with Gasteiger partial charge in [0.25, 0.3) is 0 Å². The van der Waals surface area contributed by atoms with Crippen molar-refractivity contribution in [2.75, 3.05) is 24.5 Å². The van der Waals surface area contributed by atoms with Gasteiger partial charge in [0.2, 0.25) is 0 Å². The highest BCUT2D eigenvalue weighted by molar-refractivity contribution is 5.58. The molecule has 102 valence electrons. The van der Waals surface area contributed by atoms with Gasteiger partial charge in [0.1, 0.15) is 0 Å². The normalized spacial score (nSPS) is 20.6. The van der Waals surface area contributed by atoms with Crippen LogP contribution in [0, 0.1) is 0 Å². The van der Waals surface area contributed by atoms with Crippen LogP contribution in [-0.2, 0) is 13.0 Å². The molecule has 4 rings (SSSR count). The molecule has 0 saturated carbocycles. The molecule has 1 N–H and O–H groups in total. The molecule has 0 fully saturated rings. The SMILES string of the molecule is c1ccc2c(c1)CNCC2CN1CCc2ccccc21. The first-order valence-electron chi connectivity index (χ1n) is 7.53. The fourth-order valence-corrected chi connectivity index (χ4v) is 3.61. The van der Waals surface area contributed by atoms with Crippen LogP contribution in [0.1, 0.15) is 22.6 Å². The van der Waals surface area contributed by atoms with Gasteiger partial charge in [-0.25, -0.2) is 0 Å². The monoisotopic (exact) mass is 264 g/mol. The predicted molar refractivity (Wildman–Crippen MR) is 83.2 cm³/mol. The van der Waals surface area contributed by atoms with Crippen molar-refractivity contribution in [1.82, 2.24) is 5.32 Å². The van der Waals surface area contributed by atoms with Gasteiger partial charge in [0.15, 0.2) is 0 Å². The van der Waals surface area contributed by atoms with Crippen LogP contribution in [0.15, 0.2) is 48.5 Å². The Balaban J connectivity index is 1.59. The summed E-state index contributed by atoms with van der Waals surface area (Å²) in [5.41, 5.74) is 5.95. The molecule has 2 nitrogen and oxygen atoms in total. The topological polar surface area (TPSA) is 15.3 Å². The molecule has 2 aromatic rings. The first-order chi connectivity index (χ1) is 9.92. The standard InChI is InChI=1S/C18H20N2/c1-3-7-17-15(6-1)11-19-12-16(17)13-20-10-9-14-5-2-4-8-18(14)20/h1-8,16,19H,9-13H2. The molecule has 0 aromatic heterocycles. The fraction of sp³-hybridized carbons (Fsp3) is 0.333. The summed E-state index contributed by atoms with van der Waals surface area (Å²) >= 11 is 0. The number of anilines is 1. The van der Waals surface area contributed by atoms with E-state index in [4.69, 9.17) is 0 Å². The maximum absolute atomic E-state index is 3.56. The van der Waals surface area contributed by atoms with E-state index in [1.165, 1.54) is 28.8 Å². The highest BCUT2D eigenvalue weighted by Gasteiger charge is 2.25. The second kappa shape index (κ2) is 4.95. The van der Waals surface area contributed by atoms with Crippen molar-refractivity contribution in [1.29, 1.82) is 0 Å². The Labute approximate surface area is 120 Å². The molecule has 0 amide bonds. The highest BCUT2D eigenvalue weighted by atomic mass is 15.2. The van der Waals surface area contributed by atoms with E-state index >= 15 is 0 Å². The average molecular weight is 264 g/mol. The van der Waals surface area contributed by atoms with Gasteiger partial charge in [-0.15, -0.1) is 0 Å². The minimum atomic E-state index is 0.603. The molecule has 0 radical (unpaired) electrons. The van der Waals surface area contributed by atoms with E-state index in [9.17, 15) is 0 Å². The zero-order valence-electron chi connectivity index (χ0n) is 11.7. The molecule has 2 aromatic carbocycles. The number of nitrogens with zero attached hydrogens (tertiary/aromatic N) is 1. The van der Waals surface area contributed by atoms with Gasteiger partial charge in [-0.1, -0.05) is 42.5 Å². The van der Waals surface area contributed by atoms with E-state index in [0.29, 0.717) is 5.92 Å². The van der Waals surface area contributed by atoms with Crippen molar-refractivity contribution < 1.29 is 0 Å². The van der Waals surface area contributed by atoms with Crippen molar-refractivity contribution in [3.63, 3.8) is 0 Å². The van der Waals surface area contributed by atoms with Crippen LogP contribution in [0.4, 0.5) is 5.69 Å². The number of hydrogen-bond donors (Lipinski definition) is 1. The number of rotatable bonds is 2. The summed E-state index contributed by atoms with van der Waals surface area (Å²) in [6.45, 7) is 4.40. The molecule has 0 bridgehead atoms. The molecule has 0 spiro atoms. The highest BCUT2D eigenvalue weighted by Crippen LogP contribution is 2.31. The third-order valence-corrected chi connectivity index (χ3v) is 4.63. The smallest absolute Gasteiger partial charge is 0.0399 e. The van der Waals surface area contributed by atoms with Gasteiger partial charge in [-0.3, -0.25) is 0 Å². The molecule has 2 aliphatic heterocycles. The number of benzene rings is 2. The molecule has 2 heterocycles. The number of para-hydroxylation sites is 1. The lowest BCUT2D eigenvalue weighted by Gasteiger charge is -2.31. The quantitative estimate of drug-likeness (QED) is 0.897. The Kier molecular flexibility index (Phi) is 2.96. The minimum absolute atomic E-state index is 0.603. The van der Waals surface area contributed by atoms with Crippen molar-refractivity contribution in [2.45, 2.75) is 18.9 Å². The predicted octanol–water partition coefficient (Wildman–Crippen LogP) is 2.94. The van der Waals surface area contributed by atoms with E-state index in [-0.39, 0.29) is 0 Å². The molecular weight excluding hydrogens is 244 g/mol. The largest absolute Gasteiger partial charge is 0.370 e.